The summed E-state index contributed by atoms with van der Waals surface area (Å²) >= 11 is 5.95. The second kappa shape index (κ2) is 6.94. The molecule has 1 heterocycles. The smallest absolute Gasteiger partial charge is 0.229 e. The third-order valence-corrected chi connectivity index (χ3v) is 3.79. The van der Waals surface area contributed by atoms with Crippen molar-refractivity contribution in [2.45, 2.75) is 45.1 Å². The number of aryl methyl sites for hydroxylation is 1. The summed E-state index contributed by atoms with van der Waals surface area (Å²) < 4.78 is 5.24. The lowest BCUT2D eigenvalue weighted by molar-refractivity contribution is 0.390. The predicted molar refractivity (Wildman–Crippen MR) is 78.3 cm³/mol. The Hall–Kier alpha value is -1.03. The largest absolute Gasteiger partial charge is 0.481 e. The van der Waals surface area contributed by atoms with E-state index in [9.17, 15) is 0 Å². The summed E-state index contributed by atoms with van der Waals surface area (Å²) in [7, 11) is 1.64. The van der Waals surface area contributed by atoms with Crippen LogP contribution in [0.3, 0.4) is 0 Å². The molecule has 2 rings (SSSR count). The second-order valence-corrected chi connectivity index (χ2v) is 5.40. The number of halogens is 1. The number of ether oxygens (including phenoxy) is 1. The van der Waals surface area contributed by atoms with E-state index in [1.54, 1.807) is 7.11 Å². The molecular formula is C14H22ClN3O. The quantitative estimate of drug-likeness (QED) is 0.778. The molecule has 0 radical (unpaired) electrons. The average Bonchev–Trinajstić information content (AvgIpc) is 2.45. The molecule has 1 saturated carbocycles. The Bertz CT molecular complexity index is 408. The number of aromatic nitrogens is 2. The van der Waals surface area contributed by atoms with Crippen molar-refractivity contribution in [1.82, 2.24) is 9.97 Å². The van der Waals surface area contributed by atoms with Gasteiger partial charge in [-0.3, -0.25) is 0 Å². The highest BCUT2D eigenvalue weighted by atomic mass is 35.5. The van der Waals surface area contributed by atoms with Gasteiger partial charge in [-0.25, -0.2) is 4.98 Å². The molecule has 0 aromatic carbocycles. The van der Waals surface area contributed by atoms with Crippen LogP contribution in [0, 0.1) is 6.92 Å². The highest BCUT2D eigenvalue weighted by molar-refractivity contribution is 6.18. The highest BCUT2D eigenvalue weighted by Crippen LogP contribution is 2.26. The lowest BCUT2D eigenvalue weighted by Crippen LogP contribution is -2.39. The summed E-state index contributed by atoms with van der Waals surface area (Å²) in [4.78, 5) is 11.3. The van der Waals surface area contributed by atoms with Crippen molar-refractivity contribution in [2.24, 2.45) is 0 Å². The molecule has 0 atom stereocenters. The van der Waals surface area contributed by atoms with E-state index < -0.39 is 0 Å². The average molecular weight is 284 g/mol. The maximum Gasteiger partial charge on any atom is 0.229 e. The number of hydrogen-bond acceptors (Lipinski definition) is 4. The van der Waals surface area contributed by atoms with Gasteiger partial charge in [0.1, 0.15) is 0 Å². The summed E-state index contributed by atoms with van der Waals surface area (Å²) in [6, 6.07) is 2.36. The topological polar surface area (TPSA) is 38.2 Å². The van der Waals surface area contributed by atoms with Gasteiger partial charge in [0, 0.05) is 30.2 Å². The molecule has 0 spiro atoms. The van der Waals surface area contributed by atoms with E-state index in [0.717, 1.165) is 18.2 Å². The van der Waals surface area contributed by atoms with Gasteiger partial charge in [0.2, 0.25) is 11.8 Å². The third kappa shape index (κ3) is 3.72. The van der Waals surface area contributed by atoms with Crippen molar-refractivity contribution in [3.05, 3.63) is 11.8 Å². The normalized spacial score (nSPS) is 16.4. The summed E-state index contributed by atoms with van der Waals surface area (Å²) in [5.74, 6) is 1.97. The number of alkyl halides is 1. The lowest BCUT2D eigenvalue weighted by Gasteiger charge is -2.34. The van der Waals surface area contributed by atoms with Crippen LogP contribution in [0.1, 0.15) is 37.8 Å². The molecule has 0 bridgehead atoms. The molecule has 1 aromatic rings. The number of nitrogens with zero attached hydrogens (tertiary/aromatic N) is 3. The molecule has 1 aromatic heterocycles. The van der Waals surface area contributed by atoms with Crippen LogP contribution >= 0.6 is 11.6 Å². The number of rotatable bonds is 5. The molecule has 0 N–H and O–H groups in total. The minimum absolute atomic E-state index is 0.513. The minimum Gasteiger partial charge on any atom is -0.481 e. The molecule has 4 nitrogen and oxygen atoms in total. The summed E-state index contributed by atoms with van der Waals surface area (Å²) in [6.45, 7) is 2.76. The van der Waals surface area contributed by atoms with Crippen LogP contribution in [0.4, 0.5) is 5.95 Å². The van der Waals surface area contributed by atoms with Crippen LogP contribution in [0.2, 0.25) is 0 Å². The Morgan fingerprint density at radius 2 is 2.05 bits per heavy atom. The molecule has 0 aliphatic heterocycles. The fraction of sp³-hybridized carbons (Fsp3) is 0.714. The van der Waals surface area contributed by atoms with Crippen molar-refractivity contribution in [1.29, 1.82) is 0 Å². The Kier molecular flexibility index (Phi) is 5.25. The molecule has 19 heavy (non-hydrogen) atoms. The molecule has 0 unspecified atom stereocenters. The van der Waals surface area contributed by atoms with Crippen LogP contribution in [0.25, 0.3) is 0 Å². The van der Waals surface area contributed by atoms with Gasteiger partial charge in [-0.1, -0.05) is 19.3 Å². The van der Waals surface area contributed by atoms with E-state index in [1.165, 1.54) is 32.1 Å². The van der Waals surface area contributed by atoms with Crippen LogP contribution in [-0.4, -0.2) is 35.5 Å². The maximum absolute atomic E-state index is 5.95. The summed E-state index contributed by atoms with van der Waals surface area (Å²) in [5, 5.41) is 0. The first-order valence-corrected chi connectivity index (χ1v) is 7.50. The van der Waals surface area contributed by atoms with Crippen LogP contribution in [0.15, 0.2) is 6.07 Å². The molecular weight excluding hydrogens is 262 g/mol. The van der Waals surface area contributed by atoms with Crippen molar-refractivity contribution in [2.75, 3.05) is 24.4 Å². The maximum atomic E-state index is 5.95. The Balaban J connectivity index is 2.24. The van der Waals surface area contributed by atoms with Gasteiger partial charge >= 0.3 is 0 Å². The number of methoxy groups -OCH3 is 1. The van der Waals surface area contributed by atoms with E-state index in [-0.39, 0.29) is 0 Å². The van der Waals surface area contributed by atoms with Gasteiger partial charge < -0.3 is 9.64 Å². The zero-order valence-corrected chi connectivity index (χ0v) is 12.5. The summed E-state index contributed by atoms with van der Waals surface area (Å²) in [5.41, 5.74) is 0.928. The van der Waals surface area contributed by atoms with Gasteiger partial charge in [-0.05, 0) is 19.8 Å². The van der Waals surface area contributed by atoms with E-state index in [0.29, 0.717) is 17.8 Å². The molecule has 5 heteroatoms. The Morgan fingerprint density at radius 1 is 1.32 bits per heavy atom. The lowest BCUT2D eigenvalue weighted by atomic mass is 9.94. The van der Waals surface area contributed by atoms with Crippen LogP contribution < -0.4 is 9.64 Å². The standard InChI is InChI=1S/C14H22ClN3O/c1-11-10-13(19-2)17-14(16-11)18(9-8-15)12-6-4-3-5-7-12/h10,12H,3-9H2,1-2H3. The zero-order valence-electron chi connectivity index (χ0n) is 11.7. The van der Waals surface area contributed by atoms with Crippen LogP contribution in [0.5, 0.6) is 5.88 Å². The molecule has 1 aliphatic rings. The molecule has 0 saturated heterocycles. The Labute approximate surface area is 120 Å². The monoisotopic (exact) mass is 283 g/mol. The second-order valence-electron chi connectivity index (χ2n) is 5.03. The Morgan fingerprint density at radius 3 is 2.68 bits per heavy atom. The van der Waals surface area contributed by atoms with Crippen molar-refractivity contribution < 1.29 is 4.74 Å². The van der Waals surface area contributed by atoms with E-state index in [1.807, 2.05) is 13.0 Å². The molecule has 1 fully saturated rings. The van der Waals surface area contributed by atoms with Crippen molar-refractivity contribution >= 4 is 17.5 Å². The highest BCUT2D eigenvalue weighted by Gasteiger charge is 2.23. The molecule has 106 valence electrons. The summed E-state index contributed by atoms with van der Waals surface area (Å²) in [6.07, 6.45) is 6.31. The van der Waals surface area contributed by atoms with Gasteiger partial charge in [0.05, 0.1) is 7.11 Å². The van der Waals surface area contributed by atoms with Crippen molar-refractivity contribution in [3.8, 4) is 5.88 Å². The van der Waals surface area contributed by atoms with Gasteiger partial charge in [-0.2, -0.15) is 4.98 Å². The SMILES string of the molecule is COc1cc(C)nc(N(CCCl)C2CCCCC2)n1. The number of hydrogen-bond donors (Lipinski definition) is 0. The third-order valence-electron chi connectivity index (χ3n) is 3.63. The minimum atomic E-state index is 0.513. The van der Waals surface area contributed by atoms with E-state index in [2.05, 4.69) is 14.9 Å². The van der Waals surface area contributed by atoms with Gasteiger partial charge in [-0.15, -0.1) is 11.6 Å². The fourth-order valence-electron chi connectivity index (χ4n) is 2.69. The molecule has 0 amide bonds. The first-order valence-electron chi connectivity index (χ1n) is 6.97. The fourth-order valence-corrected chi connectivity index (χ4v) is 2.87. The zero-order chi connectivity index (χ0) is 13.7. The number of anilines is 1. The van der Waals surface area contributed by atoms with Crippen LogP contribution in [-0.2, 0) is 0 Å². The predicted octanol–water partition coefficient (Wildman–Crippen LogP) is 3.17. The van der Waals surface area contributed by atoms with E-state index in [4.69, 9.17) is 16.3 Å². The first kappa shape index (κ1) is 14.4. The molecule has 1 aliphatic carbocycles. The van der Waals surface area contributed by atoms with Gasteiger partial charge in [0.25, 0.3) is 0 Å². The van der Waals surface area contributed by atoms with Crippen molar-refractivity contribution in [3.63, 3.8) is 0 Å². The van der Waals surface area contributed by atoms with Gasteiger partial charge in [0.15, 0.2) is 0 Å². The van der Waals surface area contributed by atoms with E-state index >= 15 is 0 Å². The first-order chi connectivity index (χ1) is 9.24.